The number of nitrogens with zero attached hydrogens (tertiary/aromatic N) is 4. The van der Waals surface area contributed by atoms with Gasteiger partial charge in [-0.25, -0.2) is 13.1 Å². The van der Waals surface area contributed by atoms with Crippen molar-refractivity contribution in [3.8, 4) is 5.69 Å². The minimum Gasteiger partial charge on any atom is -0.336 e. The number of amides is 1. The molecule has 0 aliphatic carbocycles. The number of carbonyl (C=O) groups excluding carboxylic acids is 1. The van der Waals surface area contributed by atoms with E-state index in [1.807, 2.05) is 41.9 Å². The first-order chi connectivity index (χ1) is 15.6. The highest BCUT2D eigenvalue weighted by atomic mass is 32.2. The smallest absolute Gasteiger partial charge is 0.253 e. The van der Waals surface area contributed by atoms with E-state index in [1.165, 1.54) is 4.31 Å². The highest BCUT2D eigenvalue weighted by Gasteiger charge is 2.30. The first kappa shape index (κ1) is 23.2. The van der Waals surface area contributed by atoms with Gasteiger partial charge in [0.2, 0.25) is 10.0 Å². The monoisotopic (exact) mass is 466 g/mol. The van der Waals surface area contributed by atoms with E-state index < -0.39 is 10.0 Å². The van der Waals surface area contributed by atoms with Gasteiger partial charge < -0.3 is 4.90 Å². The average Bonchev–Trinajstić information content (AvgIpc) is 3.24. The van der Waals surface area contributed by atoms with Gasteiger partial charge in [0, 0.05) is 43.6 Å². The number of aromatic nitrogens is 2. The Bertz CT molecular complexity index is 1230. The molecule has 1 fully saturated rings. The molecule has 4 rings (SSSR count). The second-order valence-corrected chi connectivity index (χ2v) is 11.3. The quantitative estimate of drug-likeness (QED) is 0.589. The summed E-state index contributed by atoms with van der Waals surface area (Å²) in [6.45, 7) is 9.53. The van der Waals surface area contributed by atoms with Crippen LogP contribution in [0.2, 0.25) is 0 Å². The lowest BCUT2D eigenvalue weighted by Crippen LogP contribution is -2.50. The molecule has 2 aromatic carbocycles. The van der Waals surface area contributed by atoms with E-state index in [-0.39, 0.29) is 24.4 Å². The SMILES string of the molecule is Cc1ccnn1-c1ccc(C(=O)N2CCN(S(=O)(=O)c3ccc(C(C)(C)C)cc3)CC2)cc1. The van der Waals surface area contributed by atoms with E-state index in [4.69, 9.17) is 0 Å². The Balaban J connectivity index is 1.41. The van der Waals surface area contributed by atoms with Crippen molar-refractivity contribution in [1.29, 1.82) is 0 Å². The fourth-order valence-electron chi connectivity index (χ4n) is 3.98. The van der Waals surface area contributed by atoms with Crippen molar-refractivity contribution in [1.82, 2.24) is 19.0 Å². The predicted molar refractivity (Wildman–Crippen MR) is 128 cm³/mol. The van der Waals surface area contributed by atoms with Gasteiger partial charge in [-0.3, -0.25) is 4.79 Å². The number of carbonyl (C=O) groups is 1. The number of benzene rings is 2. The molecule has 0 radical (unpaired) electrons. The van der Waals surface area contributed by atoms with Gasteiger partial charge in [-0.2, -0.15) is 9.40 Å². The van der Waals surface area contributed by atoms with Crippen LogP contribution in [0.25, 0.3) is 5.69 Å². The number of piperazine rings is 1. The number of hydrogen-bond acceptors (Lipinski definition) is 4. The molecule has 174 valence electrons. The molecule has 0 bridgehead atoms. The van der Waals surface area contributed by atoms with Crippen LogP contribution in [-0.4, -0.2) is 59.5 Å². The van der Waals surface area contributed by atoms with Crippen LogP contribution in [0.1, 0.15) is 42.4 Å². The Hall–Kier alpha value is -2.97. The Labute approximate surface area is 195 Å². The second kappa shape index (κ2) is 8.76. The van der Waals surface area contributed by atoms with Gasteiger partial charge in [-0.15, -0.1) is 0 Å². The molecular formula is C25H30N4O3S. The summed E-state index contributed by atoms with van der Waals surface area (Å²) in [6.07, 6.45) is 1.74. The molecule has 7 nitrogen and oxygen atoms in total. The van der Waals surface area contributed by atoms with Gasteiger partial charge in [-0.05, 0) is 60.4 Å². The van der Waals surface area contributed by atoms with Crippen LogP contribution in [0.4, 0.5) is 0 Å². The summed E-state index contributed by atoms with van der Waals surface area (Å²) in [6, 6.07) is 16.3. The maximum atomic E-state index is 13.1. The topological polar surface area (TPSA) is 75.5 Å². The molecule has 1 saturated heterocycles. The third-order valence-electron chi connectivity index (χ3n) is 6.07. The number of sulfonamides is 1. The van der Waals surface area contributed by atoms with Gasteiger partial charge in [-0.1, -0.05) is 32.9 Å². The lowest BCUT2D eigenvalue weighted by molar-refractivity contribution is 0.0698. The molecule has 0 atom stereocenters. The van der Waals surface area contributed by atoms with Crippen molar-refractivity contribution in [2.75, 3.05) is 26.2 Å². The summed E-state index contributed by atoms with van der Waals surface area (Å²) in [5.41, 5.74) is 3.54. The molecule has 0 unspecified atom stereocenters. The Morgan fingerprint density at radius 3 is 2.00 bits per heavy atom. The van der Waals surface area contributed by atoms with Crippen molar-refractivity contribution >= 4 is 15.9 Å². The zero-order valence-electron chi connectivity index (χ0n) is 19.5. The zero-order chi connectivity index (χ0) is 23.8. The molecule has 2 heterocycles. The lowest BCUT2D eigenvalue weighted by Gasteiger charge is -2.34. The van der Waals surface area contributed by atoms with Crippen LogP contribution in [-0.2, 0) is 15.4 Å². The number of rotatable bonds is 4. The molecule has 0 N–H and O–H groups in total. The maximum Gasteiger partial charge on any atom is 0.253 e. The van der Waals surface area contributed by atoms with Crippen LogP contribution in [0.3, 0.4) is 0 Å². The molecule has 0 saturated carbocycles. The van der Waals surface area contributed by atoms with Gasteiger partial charge >= 0.3 is 0 Å². The largest absolute Gasteiger partial charge is 0.336 e. The van der Waals surface area contributed by atoms with Crippen molar-refractivity contribution in [2.45, 2.75) is 38.0 Å². The summed E-state index contributed by atoms with van der Waals surface area (Å²) in [5.74, 6) is -0.0923. The first-order valence-corrected chi connectivity index (χ1v) is 12.5. The second-order valence-electron chi connectivity index (χ2n) is 9.40. The fraction of sp³-hybridized carbons (Fsp3) is 0.360. The van der Waals surface area contributed by atoms with Crippen LogP contribution < -0.4 is 0 Å². The normalized spacial score (nSPS) is 15.6. The van der Waals surface area contributed by atoms with Crippen molar-refractivity contribution in [3.05, 3.63) is 77.6 Å². The van der Waals surface area contributed by atoms with E-state index >= 15 is 0 Å². The third kappa shape index (κ3) is 4.72. The lowest BCUT2D eigenvalue weighted by atomic mass is 9.87. The summed E-state index contributed by atoms with van der Waals surface area (Å²) < 4.78 is 29.4. The van der Waals surface area contributed by atoms with Crippen LogP contribution >= 0.6 is 0 Å². The summed E-state index contributed by atoms with van der Waals surface area (Å²) in [4.78, 5) is 15.0. The van der Waals surface area contributed by atoms with E-state index in [0.717, 1.165) is 16.9 Å². The Kier molecular flexibility index (Phi) is 6.16. The maximum absolute atomic E-state index is 13.1. The summed E-state index contributed by atoms with van der Waals surface area (Å²) >= 11 is 0. The molecule has 1 aromatic heterocycles. The van der Waals surface area contributed by atoms with E-state index in [1.54, 1.807) is 35.4 Å². The van der Waals surface area contributed by atoms with Crippen molar-refractivity contribution in [2.24, 2.45) is 0 Å². The van der Waals surface area contributed by atoms with Gasteiger partial charge in [0.15, 0.2) is 0 Å². The molecule has 1 aliphatic heterocycles. The van der Waals surface area contributed by atoms with Crippen LogP contribution in [0, 0.1) is 6.92 Å². The highest BCUT2D eigenvalue weighted by molar-refractivity contribution is 7.89. The summed E-state index contributed by atoms with van der Waals surface area (Å²) in [7, 11) is -3.59. The zero-order valence-corrected chi connectivity index (χ0v) is 20.3. The molecule has 0 spiro atoms. The number of aryl methyl sites for hydroxylation is 1. The predicted octanol–water partition coefficient (Wildman–Crippen LogP) is 3.62. The van der Waals surface area contributed by atoms with E-state index in [0.29, 0.717) is 23.5 Å². The van der Waals surface area contributed by atoms with Gasteiger partial charge in [0.25, 0.3) is 5.91 Å². The minimum absolute atomic E-state index is 0.0380. The van der Waals surface area contributed by atoms with Crippen LogP contribution in [0.5, 0.6) is 0 Å². The highest BCUT2D eigenvalue weighted by Crippen LogP contribution is 2.25. The average molecular weight is 467 g/mol. The van der Waals surface area contributed by atoms with E-state index in [9.17, 15) is 13.2 Å². The van der Waals surface area contributed by atoms with Crippen LogP contribution in [0.15, 0.2) is 65.7 Å². The Morgan fingerprint density at radius 1 is 0.879 bits per heavy atom. The van der Waals surface area contributed by atoms with E-state index in [2.05, 4.69) is 25.9 Å². The van der Waals surface area contributed by atoms with Gasteiger partial charge in [0.1, 0.15) is 0 Å². The standard InChI is InChI=1S/C25H30N4O3S/c1-19-13-14-26-29(19)22-9-5-20(6-10-22)24(30)27-15-17-28(18-16-27)33(31,32)23-11-7-21(8-12-23)25(2,3)4/h5-14H,15-18H2,1-4H3. The van der Waals surface area contributed by atoms with Crippen molar-refractivity contribution < 1.29 is 13.2 Å². The third-order valence-corrected chi connectivity index (χ3v) is 7.99. The molecule has 8 heteroatoms. The van der Waals surface area contributed by atoms with Crippen molar-refractivity contribution in [3.63, 3.8) is 0 Å². The fourth-order valence-corrected chi connectivity index (χ4v) is 5.40. The molecular weight excluding hydrogens is 436 g/mol. The Morgan fingerprint density at radius 2 is 1.48 bits per heavy atom. The minimum atomic E-state index is -3.59. The first-order valence-electron chi connectivity index (χ1n) is 11.1. The van der Waals surface area contributed by atoms with Gasteiger partial charge in [0.05, 0.1) is 10.6 Å². The molecule has 1 amide bonds. The molecule has 3 aromatic rings. The summed E-state index contributed by atoms with van der Waals surface area (Å²) in [5, 5.41) is 4.28. The molecule has 1 aliphatic rings. The molecule has 33 heavy (non-hydrogen) atoms. The number of hydrogen-bond donors (Lipinski definition) is 0.